The molecular weight excluding hydrogens is 368 g/mol. The van der Waals surface area contributed by atoms with Crippen LogP contribution in [-0.4, -0.2) is 59.3 Å². The summed E-state index contributed by atoms with van der Waals surface area (Å²) in [6, 6.07) is 10.1. The van der Waals surface area contributed by atoms with Gasteiger partial charge in [-0.05, 0) is 43.2 Å². The quantitative estimate of drug-likeness (QED) is 0.665. The molecule has 7 nitrogen and oxygen atoms in total. The maximum absolute atomic E-state index is 12.1. The van der Waals surface area contributed by atoms with Crippen molar-refractivity contribution in [3.63, 3.8) is 0 Å². The molecule has 1 aliphatic rings. The number of likely N-dealkylation sites (tertiary alicyclic amines) is 1. The maximum Gasteiger partial charge on any atom is 0.248 e. The van der Waals surface area contributed by atoms with Gasteiger partial charge in [0, 0.05) is 44.4 Å². The lowest BCUT2D eigenvalue weighted by Crippen LogP contribution is -2.39. The number of hydrogen-bond donors (Lipinski definition) is 0. The van der Waals surface area contributed by atoms with Crippen molar-refractivity contribution in [1.29, 1.82) is 0 Å². The lowest BCUT2D eigenvalue weighted by atomic mass is 9.92. The van der Waals surface area contributed by atoms with E-state index in [1.165, 1.54) is 0 Å². The fourth-order valence-corrected chi connectivity index (χ4v) is 3.95. The van der Waals surface area contributed by atoms with Gasteiger partial charge in [0.2, 0.25) is 5.91 Å². The molecule has 2 aromatic heterocycles. The SMILES string of the molecule is COCC(=O)N1CCC(c2cc3c(ncn3C)c(-c3ccc(OC)cc3)n2)CC1. The van der Waals surface area contributed by atoms with Crippen LogP contribution in [0.5, 0.6) is 5.75 Å². The summed E-state index contributed by atoms with van der Waals surface area (Å²) in [5.74, 6) is 1.19. The van der Waals surface area contributed by atoms with Crippen LogP contribution in [-0.2, 0) is 16.6 Å². The van der Waals surface area contributed by atoms with Crippen LogP contribution in [0.15, 0.2) is 36.7 Å². The highest BCUT2D eigenvalue weighted by Gasteiger charge is 2.26. The Labute approximate surface area is 170 Å². The van der Waals surface area contributed by atoms with Gasteiger partial charge in [0.15, 0.2) is 0 Å². The number of amides is 1. The van der Waals surface area contributed by atoms with Crippen molar-refractivity contribution in [2.45, 2.75) is 18.8 Å². The Kier molecular flexibility index (Phi) is 5.49. The second kappa shape index (κ2) is 8.21. The van der Waals surface area contributed by atoms with Gasteiger partial charge in [-0.25, -0.2) is 4.98 Å². The molecule has 1 aromatic carbocycles. The number of carbonyl (C=O) groups excluding carboxylic acids is 1. The highest BCUT2D eigenvalue weighted by Crippen LogP contribution is 2.33. The molecule has 0 N–H and O–H groups in total. The Morgan fingerprint density at radius 1 is 1.17 bits per heavy atom. The van der Waals surface area contributed by atoms with Gasteiger partial charge in [-0.15, -0.1) is 0 Å². The van der Waals surface area contributed by atoms with Crippen molar-refractivity contribution < 1.29 is 14.3 Å². The van der Waals surface area contributed by atoms with Crippen LogP contribution in [0.25, 0.3) is 22.3 Å². The van der Waals surface area contributed by atoms with E-state index >= 15 is 0 Å². The third-order valence-corrected chi connectivity index (χ3v) is 5.63. The van der Waals surface area contributed by atoms with Gasteiger partial charge in [-0.3, -0.25) is 9.78 Å². The van der Waals surface area contributed by atoms with Crippen LogP contribution in [0.4, 0.5) is 0 Å². The normalized spacial score (nSPS) is 15.1. The first-order valence-electron chi connectivity index (χ1n) is 9.83. The molecule has 0 atom stereocenters. The number of fused-ring (bicyclic) bond motifs is 1. The maximum atomic E-state index is 12.1. The zero-order valence-corrected chi connectivity index (χ0v) is 17.1. The topological polar surface area (TPSA) is 69.5 Å². The van der Waals surface area contributed by atoms with Crippen LogP contribution in [0.3, 0.4) is 0 Å². The highest BCUT2D eigenvalue weighted by molar-refractivity contribution is 5.90. The molecule has 1 aliphatic heterocycles. The van der Waals surface area contributed by atoms with E-state index in [1.807, 2.05) is 47.1 Å². The largest absolute Gasteiger partial charge is 0.497 e. The molecule has 4 rings (SSSR count). The minimum Gasteiger partial charge on any atom is -0.497 e. The molecule has 0 spiro atoms. The second-order valence-corrected chi connectivity index (χ2v) is 7.44. The Hall–Kier alpha value is -2.93. The minimum atomic E-state index is 0.0555. The number of ether oxygens (including phenoxy) is 2. The van der Waals surface area contributed by atoms with Gasteiger partial charge < -0.3 is 18.9 Å². The summed E-state index contributed by atoms with van der Waals surface area (Å²) < 4.78 is 12.3. The molecule has 0 bridgehead atoms. The first-order valence-corrected chi connectivity index (χ1v) is 9.83. The summed E-state index contributed by atoms with van der Waals surface area (Å²) in [4.78, 5) is 23.6. The van der Waals surface area contributed by atoms with Crippen LogP contribution < -0.4 is 4.74 Å². The predicted octanol–water partition coefficient (Wildman–Crippen LogP) is 3.00. The number of methoxy groups -OCH3 is 2. The van der Waals surface area contributed by atoms with E-state index in [1.54, 1.807) is 14.2 Å². The third kappa shape index (κ3) is 3.82. The van der Waals surface area contributed by atoms with Crippen molar-refractivity contribution >= 4 is 16.9 Å². The minimum absolute atomic E-state index is 0.0555. The van der Waals surface area contributed by atoms with Gasteiger partial charge in [-0.2, -0.15) is 0 Å². The van der Waals surface area contributed by atoms with Crippen molar-refractivity contribution in [2.75, 3.05) is 33.9 Å². The molecule has 1 saturated heterocycles. The van der Waals surface area contributed by atoms with Crippen molar-refractivity contribution in [2.24, 2.45) is 7.05 Å². The molecule has 0 aliphatic carbocycles. The van der Waals surface area contributed by atoms with Crippen LogP contribution in [0, 0.1) is 0 Å². The lowest BCUT2D eigenvalue weighted by molar-refractivity contribution is -0.136. The number of aryl methyl sites for hydroxylation is 1. The summed E-state index contributed by atoms with van der Waals surface area (Å²) >= 11 is 0. The average Bonchev–Trinajstić information content (AvgIpc) is 3.14. The fraction of sp³-hybridized carbons (Fsp3) is 0.409. The van der Waals surface area contributed by atoms with Crippen LogP contribution in [0.1, 0.15) is 24.5 Å². The van der Waals surface area contributed by atoms with Crippen molar-refractivity contribution in [3.8, 4) is 17.0 Å². The molecule has 1 fully saturated rings. The monoisotopic (exact) mass is 394 g/mol. The van der Waals surface area contributed by atoms with E-state index in [9.17, 15) is 4.79 Å². The number of aromatic nitrogens is 3. The number of rotatable bonds is 5. The number of benzene rings is 1. The third-order valence-electron chi connectivity index (χ3n) is 5.63. The van der Waals surface area contributed by atoms with Crippen molar-refractivity contribution in [3.05, 3.63) is 42.4 Å². The Morgan fingerprint density at radius 3 is 2.55 bits per heavy atom. The van der Waals surface area contributed by atoms with Gasteiger partial charge in [0.1, 0.15) is 17.9 Å². The number of carbonyl (C=O) groups is 1. The molecule has 29 heavy (non-hydrogen) atoms. The van der Waals surface area contributed by atoms with Gasteiger partial charge in [0.25, 0.3) is 0 Å². The van der Waals surface area contributed by atoms with Gasteiger partial charge in [0.05, 0.1) is 24.6 Å². The smallest absolute Gasteiger partial charge is 0.248 e. The molecule has 0 unspecified atom stereocenters. The summed E-state index contributed by atoms with van der Waals surface area (Å²) in [6.07, 6.45) is 3.62. The molecule has 7 heteroatoms. The van der Waals surface area contributed by atoms with E-state index in [0.717, 1.165) is 59.7 Å². The number of nitrogens with zero attached hydrogens (tertiary/aromatic N) is 4. The standard InChI is InChI=1S/C22H26N4O3/c1-25-14-23-22-19(25)12-18(15-8-10-26(11-9-15)20(27)13-28-2)24-21(22)16-4-6-17(29-3)7-5-16/h4-7,12,14-15H,8-11,13H2,1-3H3. The molecule has 152 valence electrons. The fourth-order valence-electron chi connectivity index (χ4n) is 3.95. The number of pyridine rings is 1. The zero-order valence-electron chi connectivity index (χ0n) is 17.1. The summed E-state index contributed by atoms with van der Waals surface area (Å²) in [7, 11) is 5.22. The second-order valence-electron chi connectivity index (χ2n) is 7.44. The Morgan fingerprint density at radius 2 is 1.90 bits per heavy atom. The number of hydrogen-bond acceptors (Lipinski definition) is 5. The average molecular weight is 394 g/mol. The first kappa shape index (κ1) is 19.4. The number of piperidine rings is 1. The summed E-state index contributed by atoms with van der Waals surface area (Å²) in [5, 5.41) is 0. The summed E-state index contributed by atoms with van der Waals surface area (Å²) in [5.41, 5.74) is 4.93. The molecule has 0 radical (unpaired) electrons. The lowest BCUT2D eigenvalue weighted by Gasteiger charge is -2.31. The van der Waals surface area contributed by atoms with Gasteiger partial charge in [-0.1, -0.05) is 0 Å². The van der Waals surface area contributed by atoms with E-state index in [-0.39, 0.29) is 12.5 Å². The van der Waals surface area contributed by atoms with E-state index in [2.05, 4.69) is 11.1 Å². The predicted molar refractivity (Wildman–Crippen MR) is 111 cm³/mol. The van der Waals surface area contributed by atoms with E-state index < -0.39 is 0 Å². The zero-order chi connectivity index (χ0) is 20.4. The Bertz CT molecular complexity index is 1000. The number of imidazole rings is 1. The van der Waals surface area contributed by atoms with Crippen molar-refractivity contribution in [1.82, 2.24) is 19.4 Å². The molecule has 1 amide bonds. The van der Waals surface area contributed by atoms with E-state index in [4.69, 9.17) is 14.5 Å². The molecular formula is C22H26N4O3. The van der Waals surface area contributed by atoms with Gasteiger partial charge >= 0.3 is 0 Å². The van der Waals surface area contributed by atoms with E-state index in [0.29, 0.717) is 5.92 Å². The first-order chi connectivity index (χ1) is 14.1. The van der Waals surface area contributed by atoms with Crippen LogP contribution in [0.2, 0.25) is 0 Å². The molecule has 0 saturated carbocycles. The molecule has 3 heterocycles. The highest BCUT2D eigenvalue weighted by atomic mass is 16.5. The molecule has 3 aromatic rings. The summed E-state index contributed by atoms with van der Waals surface area (Å²) in [6.45, 7) is 1.61. The van der Waals surface area contributed by atoms with Crippen LogP contribution >= 0.6 is 0 Å². The Balaban J connectivity index is 1.65.